The summed E-state index contributed by atoms with van der Waals surface area (Å²) >= 11 is 0. The summed E-state index contributed by atoms with van der Waals surface area (Å²) in [5.74, 6) is -1.13. The standard InChI is InChI=1S/C15H24N2O4S/c1-4-9-17(10-5-2)14-8-7-12(11-13(14)15(18)19)16-22(20,21)6-3/h7-8,11,16H,4-6,9-10H2,1-3H3,(H,18,19). The monoisotopic (exact) mass is 328 g/mol. The van der Waals surface area contributed by atoms with Crippen LogP contribution in [0.3, 0.4) is 0 Å². The summed E-state index contributed by atoms with van der Waals surface area (Å²) < 4.78 is 25.6. The van der Waals surface area contributed by atoms with Gasteiger partial charge in [0.2, 0.25) is 10.0 Å². The highest BCUT2D eigenvalue weighted by Crippen LogP contribution is 2.25. The number of nitrogens with one attached hydrogen (secondary N) is 1. The molecule has 0 atom stereocenters. The van der Waals surface area contributed by atoms with Crippen LogP contribution in [0.2, 0.25) is 0 Å². The Bertz CT molecular complexity index is 608. The molecule has 0 saturated carbocycles. The number of sulfonamides is 1. The first kappa shape index (κ1) is 18.3. The molecule has 0 bridgehead atoms. The van der Waals surface area contributed by atoms with Crippen molar-refractivity contribution in [2.45, 2.75) is 33.6 Å². The van der Waals surface area contributed by atoms with E-state index in [9.17, 15) is 18.3 Å². The van der Waals surface area contributed by atoms with Crippen LogP contribution in [-0.2, 0) is 10.0 Å². The first-order valence-corrected chi connectivity index (χ1v) is 9.12. The number of anilines is 2. The predicted molar refractivity (Wildman–Crippen MR) is 89.3 cm³/mol. The van der Waals surface area contributed by atoms with Gasteiger partial charge in [-0.1, -0.05) is 13.8 Å². The van der Waals surface area contributed by atoms with Gasteiger partial charge >= 0.3 is 5.97 Å². The van der Waals surface area contributed by atoms with Crippen LogP contribution in [0.25, 0.3) is 0 Å². The summed E-state index contributed by atoms with van der Waals surface area (Å²) in [6.45, 7) is 7.11. The maximum Gasteiger partial charge on any atom is 0.337 e. The zero-order valence-electron chi connectivity index (χ0n) is 13.3. The number of hydrogen-bond donors (Lipinski definition) is 2. The van der Waals surface area contributed by atoms with Crippen LogP contribution in [0.4, 0.5) is 11.4 Å². The van der Waals surface area contributed by atoms with Crippen LogP contribution >= 0.6 is 0 Å². The van der Waals surface area contributed by atoms with Crippen LogP contribution in [0.5, 0.6) is 0 Å². The minimum absolute atomic E-state index is 0.0606. The Labute approximate surface area is 132 Å². The fraction of sp³-hybridized carbons (Fsp3) is 0.533. The molecule has 0 amide bonds. The number of benzene rings is 1. The lowest BCUT2D eigenvalue weighted by Crippen LogP contribution is -2.27. The summed E-state index contributed by atoms with van der Waals surface area (Å²) in [7, 11) is -3.43. The Morgan fingerprint density at radius 1 is 1.18 bits per heavy atom. The molecule has 0 saturated heterocycles. The third-order valence-corrected chi connectivity index (χ3v) is 4.51. The van der Waals surface area contributed by atoms with E-state index in [1.807, 2.05) is 18.7 Å². The second-order valence-corrected chi connectivity index (χ2v) is 7.04. The summed E-state index contributed by atoms with van der Waals surface area (Å²) in [6.07, 6.45) is 1.81. The van der Waals surface area contributed by atoms with Crippen molar-refractivity contribution >= 4 is 27.4 Å². The molecular weight excluding hydrogens is 304 g/mol. The average Bonchev–Trinajstić information content (AvgIpc) is 2.46. The first-order valence-electron chi connectivity index (χ1n) is 7.47. The van der Waals surface area contributed by atoms with E-state index in [1.54, 1.807) is 12.1 Å². The van der Waals surface area contributed by atoms with E-state index in [1.165, 1.54) is 13.0 Å². The lowest BCUT2D eigenvalue weighted by atomic mass is 10.1. The van der Waals surface area contributed by atoms with Gasteiger partial charge in [0.1, 0.15) is 0 Å². The summed E-state index contributed by atoms with van der Waals surface area (Å²) in [5, 5.41) is 9.43. The highest BCUT2D eigenvalue weighted by Gasteiger charge is 2.17. The number of carboxylic acids is 1. The molecule has 1 aromatic rings. The van der Waals surface area contributed by atoms with E-state index in [-0.39, 0.29) is 17.0 Å². The van der Waals surface area contributed by atoms with Gasteiger partial charge in [0.05, 0.1) is 17.0 Å². The molecule has 0 aliphatic heterocycles. The fourth-order valence-electron chi connectivity index (χ4n) is 2.19. The van der Waals surface area contributed by atoms with E-state index in [0.29, 0.717) is 5.69 Å². The molecule has 2 N–H and O–H groups in total. The zero-order valence-corrected chi connectivity index (χ0v) is 14.1. The lowest BCUT2D eigenvalue weighted by molar-refractivity contribution is 0.0697. The van der Waals surface area contributed by atoms with Crippen molar-refractivity contribution in [3.8, 4) is 0 Å². The highest BCUT2D eigenvalue weighted by atomic mass is 32.2. The Balaban J connectivity index is 3.22. The van der Waals surface area contributed by atoms with Gasteiger partial charge in [0.25, 0.3) is 0 Å². The zero-order chi connectivity index (χ0) is 16.8. The molecule has 0 fully saturated rings. The molecule has 0 unspecified atom stereocenters. The lowest BCUT2D eigenvalue weighted by Gasteiger charge is -2.25. The summed E-state index contributed by atoms with van der Waals surface area (Å²) in [5.41, 5.74) is 1.00. The third kappa shape index (κ3) is 4.91. The van der Waals surface area contributed by atoms with Gasteiger partial charge in [-0.05, 0) is 38.0 Å². The van der Waals surface area contributed by atoms with Crippen molar-refractivity contribution in [2.24, 2.45) is 0 Å². The number of carbonyl (C=O) groups is 1. The first-order chi connectivity index (χ1) is 10.3. The van der Waals surface area contributed by atoms with E-state index >= 15 is 0 Å². The van der Waals surface area contributed by atoms with Gasteiger partial charge in [-0.25, -0.2) is 13.2 Å². The number of aromatic carboxylic acids is 1. The van der Waals surface area contributed by atoms with Gasteiger partial charge < -0.3 is 10.0 Å². The van der Waals surface area contributed by atoms with Gasteiger partial charge in [0, 0.05) is 18.8 Å². The number of rotatable bonds is 9. The van der Waals surface area contributed by atoms with E-state index in [4.69, 9.17) is 0 Å². The largest absolute Gasteiger partial charge is 0.478 e. The average molecular weight is 328 g/mol. The molecule has 0 aliphatic rings. The molecule has 7 heteroatoms. The molecule has 1 aromatic carbocycles. The quantitative estimate of drug-likeness (QED) is 0.728. The number of nitrogens with zero attached hydrogens (tertiary/aromatic N) is 1. The van der Waals surface area contributed by atoms with Crippen molar-refractivity contribution in [1.29, 1.82) is 0 Å². The van der Waals surface area contributed by atoms with Crippen molar-refractivity contribution in [2.75, 3.05) is 28.5 Å². The van der Waals surface area contributed by atoms with Gasteiger partial charge in [-0.15, -0.1) is 0 Å². The Morgan fingerprint density at radius 3 is 2.23 bits per heavy atom. The smallest absolute Gasteiger partial charge is 0.337 e. The van der Waals surface area contributed by atoms with Crippen molar-refractivity contribution < 1.29 is 18.3 Å². The van der Waals surface area contributed by atoms with Crippen LogP contribution < -0.4 is 9.62 Å². The normalized spacial score (nSPS) is 11.2. The van der Waals surface area contributed by atoms with Crippen LogP contribution in [-0.4, -0.2) is 38.3 Å². The molecule has 22 heavy (non-hydrogen) atoms. The maximum absolute atomic E-state index is 11.6. The molecule has 0 spiro atoms. The minimum atomic E-state index is -3.43. The summed E-state index contributed by atoms with van der Waals surface area (Å²) in [4.78, 5) is 13.5. The van der Waals surface area contributed by atoms with Crippen molar-refractivity contribution in [1.82, 2.24) is 0 Å². The molecule has 124 valence electrons. The van der Waals surface area contributed by atoms with E-state index < -0.39 is 16.0 Å². The summed E-state index contributed by atoms with van der Waals surface area (Å²) in [6, 6.07) is 4.65. The van der Waals surface area contributed by atoms with Crippen LogP contribution in [0, 0.1) is 0 Å². The Morgan fingerprint density at radius 2 is 1.77 bits per heavy atom. The van der Waals surface area contributed by atoms with Gasteiger partial charge in [-0.2, -0.15) is 0 Å². The second kappa shape index (κ2) is 8.03. The topological polar surface area (TPSA) is 86.7 Å². The van der Waals surface area contributed by atoms with Crippen molar-refractivity contribution in [3.05, 3.63) is 23.8 Å². The minimum Gasteiger partial charge on any atom is -0.478 e. The molecule has 0 aliphatic carbocycles. The van der Waals surface area contributed by atoms with Crippen LogP contribution in [0.15, 0.2) is 18.2 Å². The van der Waals surface area contributed by atoms with Gasteiger partial charge in [-0.3, -0.25) is 4.72 Å². The van der Waals surface area contributed by atoms with Gasteiger partial charge in [0.15, 0.2) is 0 Å². The SMILES string of the molecule is CCCN(CCC)c1ccc(NS(=O)(=O)CC)cc1C(=O)O. The molecular formula is C15H24N2O4S. The number of hydrogen-bond acceptors (Lipinski definition) is 4. The molecule has 0 heterocycles. The van der Waals surface area contributed by atoms with E-state index in [2.05, 4.69) is 4.72 Å². The Hall–Kier alpha value is -1.76. The molecule has 0 aromatic heterocycles. The molecule has 0 radical (unpaired) electrons. The predicted octanol–water partition coefficient (Wildman–Crippen LogP) is 2.77. The van der Waals surface area contributed by atoms with E-state index in [0.717, 1.165) is 25.9 Å². The highest BCUT2D eigenvalue weighted by molar-refractivity contribution is 7.92. The fourth-order valence-corrected chi connectivity index (χ4v) is 2.82. The third-order valence-electron chi connectivity index (χ3n) is 3.21. The number of carboxylic acid groups (broad SMARTS) is 1. The van der Waals surface area contributed by atoms with Crippen LogP contribution in [0.1, 0.15) is 44.0 Å². The second-order valence-electron chi connectivity index (χ2n) is 5.03. The molecule has 1 rings (SSSR count). The maximum atomic E-state index is 11.6. The molecule has 6 nitrogen and oxygen atoms in total. The Kier molecular flexibility index (Phi) is 6.67. The van der Waals surface area contributed by atoms with Crippen molar-refractivity contribution in [3.63, 3.8) is 0 Å².